The van der Waals surface area contributed by atoms with Crippen LogP contribution in [0.15, 0.2) is 33.8 Å². The molecule has 7 heteroatoms. The second-order valence-electron chi connectivity index (χ2n) is 3.14. The maximum absolute atomic E-state index is 11.3. The molecule has 17 heavy (non-hydrogen) atoms. The van der Waals surface area contributed by atoms with Crippen molar-refractivity contribution in [1.82, 2.24) is 9.97 Å². The van der Waals surface area contributed by atoms with E-state index in [0.717, 1.165) is 0 Å². The number of halogens is 2. The number of nitrogens with one attached hydrogen (secondary N) is 1. The highest BCUT2D eigenvalue weighted by Gasteiger charge is 2.10. The van der Waals surface area contributed by atoms with Gasteiger partial charge in [0, 0.05) is 5.69 Å². The Kier molecular flexibility index (Phi) is 3.35. The van der Waals surface area contributed by atoms with E-state index in [1.165, 1.54) is 6.33 Å². The first-order valence-corrected chi connectivity index (χ1v) is 5.71. The minimum absolute atomic E-state index is 0.139. The van der Waals surface area contributed by atoms with Gasteiger partial charge in [0.1, 0.15) is 10.2 Å². The molecule has 88 valence electrons. The Bertz CT molecular complexity index is 615. The van der Waals surface area contributed by atoms with Gasteiger partial charge in [0.2, 0.25) is 5.88 Å². The highest BCUT2D eigenvalue weighted by Crippen LogP contribution is 2.31. The molecule has 0 spiro atoms. The topological polar surface area (TPSA) is 81.0 Å². The van der Waals surface area contributed by atoms with E-state index < -0.39 is 0 Å². The fourth-order valence-electron chi connectivity index (χ4n) is 1.14. The van der Waals surface area contributed by atoms with Crippen LogP contribution in [0.5, 0.6) is 11.6 Å². The monoisotopic (exact) mass is 315 g/mol. The fraction of sp³-hybridized carbons (Fsp3) is 0. The molecule has 5 nitrogen and oxygen atoms in total. The summed E-state index contributed by atoms with van der Waals surface area (Å²) in [6.45, 7) is 0. The molecule has 0 fully saturated rings. The summed E-state index contributed by atoms with van der Waals surface area (Å²) in [4.78, 5) is 17.6. The van der Waals surface area contributed by atoms with E-state index in [2.05, 4.69) is 25.9 Å². The van der Waals surface area contributed by atoms with Crippen LogP contribution in [0.3, 0.4) is 0 Å². The highest BCUT2D eigenvalue weighted by molar-refractivity contribution is 9.10. The summed E-state index contributed by atoms with van der Waals surface area (Å²) in [6, 6.07) is 4.80. The minimum atomic E-state index is -0.332. The van der Waals surface area contributed by atoms with Crippen molar-refractivity contribution in [2.75, 3.05) is 5.73 Å². The number of hydrogen-bond donors (Lipinski definition) is 2. The number of aromatic amines is 1. The summed E-state index contributed by atoms with van der Waals surface area (Å²) in [7, 11) is 0. The van der Waals surface area contributed by atoms with E-state index in [0.29, 0.717) is 16.5 Å². The van der Waals surface area contributed by atoms with Crippen LogP contribution in [0.25, 0.3) is 0 Å². The Balaban J connectivity index is 2.38. The van der Waals surface area contributed by atoms with Crippen LogP contribution in [0, 0.1) is 0 Å². The second-order valence-corrected chi connectivity index (χ2v) is 4.34. The quantitative estimate of drug-likeness (QED) is 0.834. The van der Waals surface area contributed by atoms with Gasteiger partial charge in [0.15, 0.2) is 0 Å². The van der Waals surface area contributed by atoms with Crippen molar-refractivity contribution in [3.63, 3.8) is 0 Å². The van der Waals surface area contributed by atoms with Gasteiger partial charge in [0.25, 0.3) is 5.56 Å². The molecule has 1 heterocycles. The van der Waals surface area contributed by atoms with Crippen LogP contribution in [0.2, 0.25) is 5.02 Å². The van der Waals surface area contributed by atoms with E-state index in [4.69, 9.17) is 22.1 Å². The van der Waals surface area contributed by atoms with Crippen molar-refractivity contribution in [1.29, 1.82) is 0 Å². The van der Waals surface area contributed by atoms with E-state index >= 15 is 0 Å². The van der Waals surface area contributed by atoms with Crippen molar-refractivity contribution in [2.24, 2.45) is 0 Å². The van der Waals surface area contributed by atoms with Gasteiger partial charge in [-0.05, 0) is 34.1 Å². The summed E-state index contributed by atoms with van der Waals surface area (Å²) in [5, 5.41) is 0.346. The number of anilines is 1. The summed E-state index contributed by atoms with van der Waals surface area (Å²) in [5.74, 6) is 0.514. The molecular formula is C10H7BrClN3O2. The summed E-state index contributed by atoms with van der Waals surface area (Å²) in [6.07, 6.45) is 1.24. The molecule has 0 amide bonds. The lowest BCUT2D eigenvalue weighted by Crippen LogP contribution is -2.08. The third-order valence-corrected chi connectivity index (χ3v) is 2.92. The summed E-state index contributed by atoms with van der Waals surface area (Å²) in [5.41, 5.74) is 5.75. The zero-order valence-corrected chi connectivity index (χ0v) is 10.7. The second kappa shape index (κ2) is 4.77. The molecule has 0 aliphatic carbocycles. The minimum Gasteiger partial charge on any atom is -0.436 e. The molecule has 0 saturated carbocycles. The SMILES string of the molecule is Nc1ccc(Oc2nc[nH]c(=O)c2Br)c(Cl)c1. The first-order chi connectivity index (χ1) is 8.08. The molecule has 0 unspecified atom stereocenters. The van der Waals surface area contributed by atoms with Crippen molar-refractivity contribution in [3.8, 4) is 11.6 Å². The summed E-state index contributed by atoms with van der Waals surface area (Å²) < 4.78 is 5.61. The van der Waals surface area contributed by atoms with E-state index in [9.17, 15) is 4.79 Å². The number of benzene rings is 1. The predicted molar refractivity (Wildman–Crippen MR) is 68.5 cm³/mol. The largest absolute Gasteiger partial charge is 0.436 e. The fourth-order valence-corrected chi connectivity index (χ4v) is 1.67. The van der Waals surface area contributed by atoms with Crippen LogP contribution < -0.4 is 16.0 Å². The maximum Gasteiger partial charge on any atom is 0.268 e. The van der Waals surface area contributed by atoms with Crippen LogP contribution in [-0.2, 0) is 0 Å². The third-order valence-electron chi connectivity index (χ3n) is 1.93. The number of aromatic nitrogens is 2. The number of ether oxygens (including phenoxy) is 1. The Labute approximate surface area is 110 Å². The molecular weight excluding hydrogens is 309 g/mol. The lowest BCUT2D eigenvalue weighted by molar-refractivity contribution is 0.457. The van der Waals surface area contributed by atoms with Gasteiger partial charge in [-0.3, -0.25) is 4.79 Å². The van der Waals surface area contributed by atoms with Gasteiger partial charge in [-0.25, -0.2) is 4.98 Å². The molecule has 0 atom stereocenters. The van der Waals surface area contributed by atoms with Crippen LogP contribution in [0.1, 0.15) is 0 Å². The van der Waals surface area contributed by atoms with Gasteiger partial charge < -0.3 is 15.5 Å². The maximum atomic E-state index is 11.3. The molecule has 1 aromatic heterocycles. The first-order valence-electron chi connectivity index (χ1n) is 4.54. The molecule has 0 radical (unpaired) electrons. The molecule has 2 rings (SSSR count). The molecule has 0 saturated heterocycles. The van der Waals surface area contributed by atoms with Gasteiger partial charge in [0.05, 0.1) is 11.3 Å². The Morgan fingerprint density at radius 1 is 1.47 bits per heavy atom. The van der Waals surface area contributed by atoms with Crippen LogP contribution >= 0.6 is 27.5 Å². The number of rotatable bonds is 2. The normalized spacial score (nSPS) is 10.2. The zero-order chi connectivity index (χ0) is 12.4. The average Bonchev–Trinajstić information content (AvgIpc) is 2.28. The molecule has 3 N–H and O–H groups in total. The zero-order valence-electron chi connectivity index (χ0n) is 8.41. The average molecular weight is 317 g/mol. The standard InChI is InChI=1S/C10H7BrClN3O2/c11-8-9(16)14-4-15-10(8)17-7-2-1-5(13)3-6(7)12/h1-4H,13H2,(H,14,15,16). The lowest BCUT2D eigenvalue weighted by atomic mass is 10.3. The van der Waals surface area contributed by atoms with E-state index in [1.807, 2.05) is 0 Å². The molecule has 0 aliphatic rings. The number of nitrogens with two attached hydrogens (primary N) is 1. The predicted octanol–water partition coefficient (Wildman–Crippen LogP) is 2.56. The van der Waals surface area contributed by atoms with Gasteiger partial charge in [-0.2, -0.15) is 0 Å². The molecule has 1 aromatic carbocycles. The van der Waals surface area contributed by atoms with Gasteiger partial charge in [-0.1, -0.05) is 11.6 Å². The molecule has 0 bridgehead atoms. The van der Waals surface area contributed by atoms with Gasteiger partial charge in [-0.15, -0.1) is 0 Å². The van der Waals surface area contributed by atoms with E-state index in [1.54, 1.807) is 18.2 Å². The van der Waals surface area contributed by atoms with Gasteiger partial charge >= 0.3 is 0 Å². The van der Waals surface area contributed by atoms with Crippen LogP contribution in [-0.4, -0.2) is 9.97 Å². The Hall–Kier alpha value is -1.53. The highest BCUT2D eigenvalue weighted by atomic mass is 79.9. The third kappa shape index (κ3) is 2.59. The summed E-state index contributed by atoms with van der Waals surface area (Å²) >= 11 is 9.02. The lowest BCUT2D eigenvalue weighted by Gasteiger charge is -2.07. The number of H-pyrrole nitrogens is 1. The Morgan fingerprint density at radius 2 is 2.24 bits per heavy atom. The molecule has 2 aromatic rings. The van der Waals surface area contributed by atoms with Crippen molar-refractivity contribution < 1.29 is 4.74 Å². The van der Waals surface area contributed by atoms with Crippen molar-refractivity contribution >= 4 is 33.2 Å². The number of nitrogens with zero attached hydrogens (tertiary/aromatic N) is 1. The first kappa shape index (κ1) is 11.9. The van der Waals surface area contributed by atoms with E-state index in [-0.39, 0.29) is 15.9 Å². The number of hydrogen-bond acceptors (Lipinski definition) is 4. The molecule has 0 aliphatic heterocycles. The number of nitrogen functional groups attached to an aromatic ring is 1. The van der Waals surface area contributed by atoms with Crippen molar-refractivity contribution in [3.05, 3.63) is 44.4 Å². The smallest absolute Gasteiger partial charge is 0.268 e. The van der Waals surface area contributed by atoms with Crippen molar-refractivity contribution in [2.45, 2.75) is 0 Å². The Morgan fingerprint density at radius 3 is 2.94 bits per heavy atom. The van der Waals surface area contributed by atoms with Crippen LogP contribution in [0.4, 0.5) is 5.69 Å².